The molecule has 3 rings (SSSR count). The molecule has 2 amide bonds. The Bertz CT molecular complexity index is 1110. The Morgan fingerprint density at radius 1 is 0.969 bits per heavy atom. The summed E-state index contributed by atoms with van der Waals surface area (Å²) in [5.41, 5.74) is 4.73. The number of rotatable bonds is 8. The molecular weight excluding hydrogens is 404 g/mol. The maximum absolute atomic E-state index is 12.7. The summed E-state index contributed by atoms with van der Waals surface area (Å²) < 4.78 is 5.18. The summed E-state index contributed by atoms with van der Waals surface area (Å²) >= 11 is 0. The predicted molar refractivity (Wildman–Crippen MR) is 127 cm³/mol. The van der Waals surface area contributed by atoms with E-state index in [1.165, 1.54) is 6.21 Å². The zero-order valence-corrected chi connectivity index (χ0v) is 17.9. The molecule has 2 aromatic carbocycles. The number of furan rings is 1. The van der Waals surface area contributed by atoms with Crippen molar-refractivity contribution in [3.63, 3.8) is 0 Å². The zero-order valence-electron chi connectivity index (χ0n) is 17.9. The molecule has 0 aliphatic heterocycles. The first kappa shape index (κ1) is 22.3. The molecule has 0 saturated heterocycles. The Hall–Kier alpha value is -4.39. The van der Waals surface area contributed by atoms with Crippen LogP contribution in [0.25, 0.3) is 12.2 Å². The molecule has 1 aromatic heterocycles. The number of allylic oxidation sites excluding steroid dienone is 1. The van der Waals surface area contributed by atoms with E-state index in [9.17, 15) is 9.59 Å². The fourth-order valence-electron chi connectivity index (χ4n) is 2.70. The highest BCUT2D eigenvalue weighted by Crippen LogP contribution is 2.14. The van der Waals surface area contributed by atoms with Crippen molar-refractivity contribution in [1.82, 2.24) is 10.7 Å². The van der Waals surface area contributed by atoms with Crippen LogP contribution in [0.2, 0.25) is 0 Å². The van der Waals surface area contributed by atoms with Crippen LogP contribution in [-0.2, 0) is 4.79 Å². The van der Waals surface area contributed by atoms with Gasteiger partial charge in [-0.3, -0.25) is 9.59 Å². The van der Waals surface area contributed by atoms with Crippen molar-refractivity contribution in [1.29, 1.82) is 0 Å². The highest BCUT2D eigenvalue weighted by molar-refractivity contribution is 6.05. The number of hydrogen-bond donors (Lipinski definition) is 2. The van der Waals surface area contributed by atoms with E-state index < -0.39 is 11.8 Å². The predicted octanol–water partition coefficient (Wildman–Crippen LogP) is 3.93. The van der Waals surface area contributed by atoms with Crippen molar-refractivity contribution in [2.75, 3.05) is 19.0 Å². The standard InChI is InChI=1S/C25H24N4O3/c1-29(2)21-14-12-19(13-15-21)18-23(27-24(30)20-8-4-3-5-9-20)25(31)28-26-16-6-10-22-11-7-17-32-22/h3-18H,1-2H3,(H,27,30)(H,28,31). The smallest absolute Gasteiger partial charge is 0.287 e. The maximum Gasteiger partial charge on any atom is 0.287 e. The van der Waals surface area contributed by atoms with E-state index in [1.807, 2.05) is 49.3 Å². The van der Waals surface area contributed by atoms with Crippen LogP contribution < -0.4 is 15.6 Å². The summed E-state index contributed by atoms with van der Waals surface area (Å²) in [4.78, 5) is 27.3. The number of nitrogens with zero attached hydrogens (tertiary/aromatic N) is 2. The van der Waals surface area contributed by atoms with Crippen molar-refractivity contribution in [2.24, 2.45) is 5.10 Å². The van der Waals surface area contributed by atoms with Gasteiger partial charge >= 0.3 is 0 Å². The summed E-state index contributed by atoms with van der Waals surface area (Å²) in [5.74, 6) is -0.271. The minimum atomic E-state index is -0.548. The highest BCUT2D eigenvalue weighted by atomic mass is 16.3. The minimum absolute atomic E-state index is 0.0728. The van der Waals surface area contributed by atoms with Crippen LogP contribution in [0.5, 0.6) is 0 Å². The topological polar surface area (TPSA) is 86.9 Å². The molecule has 0 saturated carbocycles. The van der Waals surface area contributed by atoms with Gasteiger partial charge in [0.15, 0.2) is 0 Å². The average Bonchev–Trinajstić information content (AvgIpc) is 3.32. The number of nitrogens with one attached hydrogen (secondary N) is 2. The molecule has 0 spiro atoms. The Morgan fingerprint density at radius 2 is 1.72 bits per heavy atom. The fourth-order valence-corrected chi connectivity index (χ4v) is 2.70. The lowest BCUT2D eigenvalue weighted by Gasteiger charge is -2.12. The van der Waals surface area contributed by atoms with Crippen LogP contribution in [0, 0.1) is 0 Å². The Morgan fingerprint density at radius 3 is 2.38 bits per heavy atom. The second-order valence-electron chi connectivity index (χ2n) is 6.96. The second kappa shape index (κ2) is 11.1. The van der Waals surface area contributed by atoms with Crippen LogP contribution in [0.1, 0.15) is 21.7 Å². The second-order valence-corrected chi connectivity index (χ2v) is 6.96. The van der Waals surface area contributed by atoms with Crippen LogP contribution >= 0.6 is 0 Å². The molecule has 0 bridgehead atoms. The maximum atomic E-state index is 12.7. The zero-order chi connectivity index (χ0) is 22.8. The number of carbonyl (C=O) groups excluding carboxylic acids is 2. The molecule has 0 aliphatic carbocycles. The van der Waals surface area contributed by atoms with E-state index in [4.69, 9.17) is 4.42 Å². The van der Waals surface area contributed by atoms with Crippen molar-refractivity contribution in [3.05, 3.63) is 102 Å². The molecule has 32 heavy (non-hydrogen) atoms. The van der Waals surface area contributed by atoms with Crippen LogP contribution in [0.15, 0.2) is 94.3 Å². The van der Waals surface area contributed by atoms with Gasteiger partial charge in [-0.15, -0.1) is 0 Å². The van der Waals surface area contributed by atoms with Gasteiger partial charge in [0.25, 0.3) is 11.8 Å². The minimum Gasteiger partial charge on any atom is -0.465 e. The normalized spacial score (nSPS) is 11.6. The van der Waals surface area contributed by atoms with Gasteiger partial charge in [-0.25, -0.2) is 5.43 Å². The fraction of sp³-hybridized carbons (Fsp3) is 0.0800. The number of amides is 2. The Balaban J connectivity index is 1.75. The Kier molecular flexibility index (Phi) is 7.75. The van der Waals surface area contributed by atoms with Gasteiger partial charge in [-0.2, -0.15) is 5.10 Å². The molecule has 0 radical (unpaired) electrons. The van der Waals surface area contributed by atoms with Gasteiger partial charge in [0, 0.05) is 31.6 Å². The van der Waals surface area contributed by atoms with E-state index in [0.29, 0.717) is 11.3 Å². The third kappa shape index (κ3) is 6.56. The van der Waals surface area contributed by atoms with Gasteiger partial charge in [0.1, 0.15) is 11.5 Å². The quantitative estimate of drug-likeness (QED) is 0.323. The lowest BCUT2D eigenvalue weighted by atomic mass is 10.1. The number of hydrogen-bond acceptors (Lipinski definition) is 5. The molecule has 0 atom stereocenters. The van der Waals surface area contributed by atoms with Gasteiger partial charge in [-0.05, 0) is 60.2 Å². The lowest BCUT2D eigenvalue weighted by molar-refractivity contribution is -0.117. The number of benzene rings is 2. The summed E-state index contributed by atoms with van der Waals surface area (Å²) in [6.07, 6.45) is 7.92. The van der Waals surface area contributed by atoms with Crippen LogP contribution in [-0.4, -0.2) is 32.1 Å². The monoisotopic (exact) mass is 428 g/mol. The summed E-state index contributed by atoms with van der Waals surface area (Å²) in [5, 5.41) is 6.57. The molecule has 1 heterocycles. The van der Waals surface area contributed by atoms with E-state index in [-0.39, 0.29) is 5.70 Å². The van der Waals surface area contributed by atoms with E-state index in [2.05, 4.69) is 15.8 Å². The average molecular weight is 428 g/mol. The third-order valence-corrected chi connectivity index (χ3v) is 4.38. The first-order valence-electron chi connectivity index (χ1n) is 9.92. The van der Waals surface area contributed by atoms with Crippen molar-refractivity contribution >= 4 is 35.9 Å². The van der Waals surface area contributed by atoms with E-state index >= 15 is 0 Å². The Labute approximate surface area is 186 Å². The largest absolute Gasteiger partial charge is 0.465 e. The number of hydrazone groups is 1. The van der Waals surface area contributed by atoms with Crippen LogP contribution in [0.3, 0.4) is 0 Å². The van der Waals surface area contributed by atoms with Crippen molar-refractivity contribution < 1.29 is 14.0 Å². The molecule has 0 aliphatic rings. The SMILES string of the molecule is CN(C)c1ccc(C=C(NC(=O)c2ccccc2)C(=O)NN=CC=Cc2ccco2)cc1. The van der Waals surface area contributed by atoms with E-state index in [1.54, 1.807) is 60.9 Å². The molecular formula is C25H24N4O3. The van der Waals surface area contributed by atoms with Crippen molar-refractivity contribution in [3.8, 4) is 0 Å². The summed E-state index contributed by atoms with van der Waals surface area (Å²) in [6.45, 7) is 0. The molecule has 0 fully saturated rings. The third-order valence-electron chi connectivity index (χ3n) is 4.38. The highest BCUT2D eigenvalue weighted by Gasteiger charge is 2.14. The molecule has 7 heteroatoms. The lowest BCUT2D eigenvalue weighted by Crippen LogP contribution is -2.32. The van der Waals surface area contributed by atoms with Gasteiger partial charge in [0.05, 0.1) is 6.26 Å². The number of anilines is 1. The molecule has 0 unspecified atom stereocenters. The van der Waals surface area contributed by atoms with Crippen LogP contribution in [0.4, 0.5) is 5.69 Å². The summed E-state index contributed by atoms with van der Waals surface area (Å²) in [6, 6.07) is 19.8. The molecule has 7 nitrogen and oxygen atoms in total. The first-order valence-corrected chi connectivity index (χ1v) is 9.92. The van der Waals surface area contributed by atoms with E-state index in [0.717, 1.165) is 11.3 Å². The van der Waals surface area contributed by atoms with Gasteiger partial charge in [0.2, 0.25) is 0 Å². The summed E-state index contributed by atoms with van der Waals surface area (Å²) in [7, 11) is 3.89. The first-order chi connectivity index (χ1) is 15.5. The van der Waals surface area contributed by atoms with Gasteiger partial charge < -0.3 is 14.6 Å². The number of carbonyl (C=O) groups is 2. The molecule has 3 aromatic rings. The van der Waals surface area contributed by atoms with Gasteiger partial charge in [-0.1, -0.05) is 30.3 Å². The van der Waals surface area contributed by atoms with Crippen molar-refractivity contribution in [2.45, 2.75) is 0 Å². The molecule has 162 valence electrons. The molecule has 2 N–H and O–H groups in total.